The normalized spacial score (nSPS) is 28.2. The standard InChI is InChI=1S/C26H26F4N4O5/c1-12-3-4-19(14-8-17(28)22(30)18(29)9-14)34(12)20(35)11-33-23(36)26(39-25(33)38)6-5-13-7-15(32-24(37)31-2)10-16(27)21(13)26/h7-8,10,12,14,19H,3-6,9,11H2,1-2H3,(H2,31,32,37)/t12-,14?,19-,26-/m0/s1. The minimum atomic E-state index is -1.95. The molecule has 0 bridgehead atoms. The molecular formula is C26H26F4N4O5. The number of hydrogen-bond donors (Lipinski definition) is 2. The minimum Gasteiger partial charge on any atom is -0.427 e. The highest BCUT2D eigenvalue weighted by molar-refractivity contribution is 6.06. The summed E-state index contributed by atoms with van der Waals surface area (Å²) in [5.41, 5.74) is -1.55. The molecule has 5 amide bonds. The number of aryl methyl sites for hydroxylation is 1. The van der Waals surface area contributed by atoms with Crippen molar-refractivity contribution in [1.82, 2.24) is 15.1 Å². The van der Waals surface area contributed by atoms with E-state index in [1.165, 1.54) is 18.0 Å². The fourth-order valence-electron chi connectivity index (χ4n) is 6.09. The van der Waals surface area contributed by atoms with Crippen LogP contribution in [0.15, 0.2) is 35.7 Å². The number of amides is 5. The molecular weight excluding hydrogens is 524 g/mol. The number of anilines is 1. The SMILES string of the molecule is CNC(=O)Nc1cc(F)c2c(c1)CC[C@]21OC(=O)N(CC(=O)N2[C@@H](C)CC[C@H]2C2C=C(F)C(F)=C(F)C2)C1=O. The van der Waals surface area contributed by atoms with Gasteiger partial charge in [-0.25, -0.2) is 32.1 Å². The number of carbonyl (C=O) groups is 4. The minimum absolute atomic E-state index is 0.0516. The largest absolute Gasteiger partial charge is 0.427 e. The molecule has 5 rings (SSSR count). The molecule has 2 aliphatic heterocycles. The number of imide groups is 1. The van der Waals surface area contributed by atoms with Gasteiger partial charge in [-0.05, 0) is 50.0 Å². The number of likely N-dealkylation sites (tertiary alicyclic amines) is 1. The number of fused-ring (bicyclic) bond motifs is 2. The van der Waals surface area contributed by atoms with Crippen molar-refractivity contribution < 1.29 is 41.5 Å². The quantitative estimate of drug-likeness (QED) is 0.549. The summed E-state index contributed by atoms with van der Waals surface area (Å²) in [6.07, 6.45) is 0.447. The van der Waals surface area contributed by atoms with Gasteiger partial charge >= 0.3 is 12.1 Å². The summed E-state index contributed by atoms with van der Waals surface area (Å²) < 4.78 is 62.1. The Labute approximate surface area is 220 Å². The van der Waals surface area contributed by atoms with E-state index in [1.807, 2.05) is 0 Å². The van der Waals surface area contributed by atoms with Crippen LogP contribution in [-0.2, 0) is 26.3 Å². The number of urea groups is 1. The molecule has 0 saturated carbocycles. The molecule has 0 radical (unpaired) electrons. The molecule has 4 aliphatic rings. The fraction of sp³-hybridized carbons (Fsp3) is 0.462. The van der Waals surface area contributed by atoms with Crippen molar-refractivity contribution >= 4 is 29.6 Å². The predicted molar refractivity (Wildman–Crippen MR) is 129 cm³/mol. The Kier molecular flexibility index (Phi) is 6.63. The molecule has 208 valence electrons. The van der Waals surface area contributed by atoms with Gasteiger partial charge in [-0.2, -0.15) is 0 Å². The van der Waals surface area contributed by atoms with E-state index < -0.39 is 77.8 Å². The van der Waals surface area contributed by atoms with E-state index in [2.05, 4.69) is 10.6 Å². The van der Waals surface area contributed by atoms with Gasteiger partial charge in [-0.15, -0.1) is 0 Å². The Bertz CT molecular complexity index is 1350. The van der Waals surface area contributed by atoms with Crippen LogP contribution in [0.2, 0.25) is 0 Å². The Morgan fingerprint density at radius 3 is 2.59 bits per heavy atom. The lowest BCUT2D eigenvalue weighted by atomic mass is 9.89. The number of nitrogens with one attached hydrogen (secondary N) is 2. The molecule has 1 aromatic carbocycles. The van der Waals surface area contributed by atoms with Crippen molar-refractivity contribution in [3.05, 3.63) is 52.6 Å². The number of hydrogen-bond acceptors (Lipinski definition) is 5. The first-order valence-electron chi connectivity index (χ1n) is 12.6. The van der Waals surface area contributed by atoms with Crippen LogP contribution in [0.1, 0.15) is 43.7 Å². The van der Waals surface area contributed by atoms with E-state index in [0.717, 1.165) is 12.1 Å². The fourth-order valence-corrected chi connectivity index (χ4v) is 6.09. The molecule has 4 atom stereocenters. The second kappa shape index (κ2) is 9.69. The Hall–Kier alpha value is -3.90. The molecule has 39 heavy (non-hydrogen) atoms. The molecule has 1 unspecified atom stereocenters. The zero-order chi connectivity index (χ0) is 28.2. The Balaban J connectivity index is 1.36. The number of halogens is 4. The first kappa shape index (κ1) is 26.7. The summed E-state index contributed by atoms with van der Waals surface area (Å²) in [5.74, 6) is -7.33. The van der Waals surface area contributed by atoms with E-state index in [4.69, 9.17) is 4.74 Å². The van der Waals surface area contributed by atoms with Gasteiger partial charge in [0.25, 0.3) is 5.91 Å². The maximum absolute atomic E-state index is 15.2. The van der Waals surface area contributed by atoms with E-state index in [-0.39, 0.29) is 30.1 Å². The molecule has 2 heterocycles. The molecule has 2 aliphatic carbocycles. The molecule has 2 N–H and O–H groups in total. The lowest BCUT2D eigenvalue weighted by Crippen LogP contribution is -2.49. The average molecular weight is 551 g/mol. The van der Waals surface area contributed by atoms with Crippen molar-refractivity contribution in [2.45, 2.75) is 56.7 Å². The summed E-state index contributed by atoms with van der Waals surface area (Å²) >= 11 is 0. The van der Waals surface area contributed by atoms with Crippen LogP contribution in [0.25, 0.3) is 0 Å². The number of ether oxygens (including phenoxy) is 1. The van der Waals surface area contributed by atoms with Crippen molar-refractivity contribution in [2.24, 2.45) is 5.92 Å². The first-order valence-corrected chi connectivity index (χ1v) is 12.6. The van der Waals surface area contributed by atoms with Gasteiger partial charge in [0.1, 0.15) is 18.2 Å². The topological polar surface area (TPSA) is 108 Å². The second-order valence-electron chi connectivity index (χ2n) is 10.2. The van der Waals surface area contributed by atoms with E-state index in [0.29, 0.717) is 23.3 Å². The summed E-state index contributed by atoms with van der Waals surface area (Å²) in [5, 5.41) is 4.80. The van der Waals surface area contributed by atoms with E-state index in [9.17, 15) is 32.3 Å². The third-order valence-electron chi connectivity index (χ3n) is 7.89. The molecule has 2 saturated heterocycles. The lowest BCUT2D eigenvalue weighted by molar-refractivity contribution is -0.143. The van der Waals surface area contributed by atoms with Gasteiger partial charge in [-0.3, -0.25) is 9.59 Å². The maximum Gasteiger partial charge on any atom is 0.418 e. The van der Waals surface area contributed by atoms with Gasteiger partial charge in [0.15, 0.2) is 11.7 Å². The highest BCUT2D eigenvalue weighted by Gasteiger charge is 2.60. The molecule has 13 heteroatoms. The predicted octanol–water partition coefficient (Wildman–Crippen LogP) is 4.10. The van der Waals surface area contributed by atoms with Crippen LogP contribution in [-0.4, -0.2) is 59.4 Å². The summed E-state index contributed by atoms with van der Waals surface area (Å²) in [6, 6.07) is 0.896. The third kappa shape index (κ3) is 4.33. The molecule has 0 aromatic heterocycles. The summed E-state index contributed by atoms with van der Waals surface area (Å²) in [6.45, 7) is 1.02. The second-order valence-corrected chi connectivity index (χ2v) is 10.2. The number of nitrogens with zero attached hydrogens (tertiary/aromatic N) is 2. The van der Waals surface area contributed by atoms with Crippen LogP contribution in [0.3, 0.4) is 0 Å². The lowest BCUT2D eigenvalue weighted by Gasteiger charge is -2.34. The molecule has 2 fully saturated rings. The van der Waals surface area contributed by atoms with Crippen LogP contribution in [0, 0.1) is 11.7 Å². The summed E-state index contributed by atoms with van der Waals surface area (Å²) in [7, 11) is 1.39. The van der Waals surface area contributed by atoms with Crippen molar-refractivity contribution in [3.8, 4) is 0 Å². The highest BCUT2D eigenvalue weighted by atomic mass is 19.2. The number of rotatable bonds is 4. The molecule has 1 spiro atoms. The van der Waals surface area contributed by atoms with Crippen LogP contribution in [0.4, 0.5) is 32.8 Å². The number of benzene rings is 1. The smallest absolute Gasteiger partial charge is 0.418 e. The van der Waals surface area contributed by atoms with Crippen molar-refractivity contribution in [2.75, 3.05) is 18.9 Å². The van der Waals surface area contributed by atoms with Crippen LogP contribution < -0.4 is 10.6 Å². The van der Waals surface area contributed by atoms with Gasteiger partial charge in [0, 0.05) is 49.1 Å². The maximum atomic E-state index is 15.2. The van der Waals surface area contributed by atoms with Crippen LogP contribution >= 0.6 is 0 Å². The van der Waals surface area contributed by atoms with Crippen molar-refractivity contribution in [3.63, 3.8) is 0 Å². The molecule has 1 aromatic rings. The molecule has 9 nitrogen and oxygen atoms in total. The van der Waals surface area contributed by atoms with E-state index in [1.54, 1.807) is 6.92 Å². The van der Waals surface area contributed by atoms with Gasteiger partial charge < -0.3 is 20.3 Å². The first-order chi connectivity index (χ1) is 18.5. The Morgan fingerprint density at radius 2 is 1.90 bits per heavy atom. The van der Waals surface area contributed by atoms with Crippen molar-refractivity contribution in [1.29, 1.82) is 0 Å². The van der Waals surface area contributed by atoms with Crippen LogP contribution in [0.5, 0.6) is 0 Å². The zero-order valence-corrected chi connectivity index (χ0v) is 21.2. The van der Waals surface area contributed by atoms with Gasteiger partial charge in [-0.1, -0.05) is 0 Å². The monoisotopic (exact) mass is 550 g/mol. The van der Waals surface area contributed by atoms with E-state index >= 15 is 4.39 Å². The van der Waals surface area contributed by atoms with Gasteiger partial charge in [0.2, 0.25) is 11.5 Å². The summed E-state index contributed by atoms with van der Waals surface area (Å²) in [4.78, 5) is 53.3. The zero-order valence-electron chi connectivity index (χ0n) is 21.2. The third-order valence-corrected chi connectivity index (χ3v) is 7.89. The number of allylic oxidation sites excluding steroid dienone is 3. The highest BCUT2D eigenvalue weighted by Crippen LogP contribution is 2.47. The number of carbonyl (C=O) groups excluding carboxylic acids is 4. The van der Waals surface area contributed by atoms with Gasteiger partial charge in [0.05, 0.1) is 0 Å². The average Bonchev–Trinajstić information content (AvgIpc) is 3.52. The Morgan fingerprint density at radius 1 is 1.15 bits per heavy atom.